The van der Waals surface area contributed by atoms with Crippen molar-refractivity contribution < 1.29 is 13.9 Å². The van der Waals surface area contributed by atoms with Gasteiger partial charge >= 0.3 is 0 Å². The third kappa shape index (κ3) is 7.86. The first-order chi connectivity index (χ1) is 8.72. The van der Waals surface area contributed by atoms with E-state index in [1.165, 1.54) is 19.3 Å². The van der Waals surface area contributed by atoms with E-state index in [0.29, 0.717) is 18.0 Å². The van der Waals surface area contributed by atoms with Crippen molar-refractivity contribution in [3.63, 3.8) is 0 Å². The monoisotopic (exact) mass is 326 g/mol. The second-order valence-electron chi connectivity index (χ2n) is 6.72. The van der Waals surface area contributed by atoms with Crippen LogP contribution >= 0.6 is 19.0 Å². The highest BCUT2D eigenvalue weighted by molar-refractivity contribution is 7.58. The van der Waals surface area contributed by atoms with E-state index < -0.39 is 15.7 Å². The van der Waals surface area contributed by atoms with Gasteiger partial charge in [0.25, 0.3) is 0 Å². The number of hydrogen-bond acceptors (Lipinski definition) is 2. The Bertz CT molecular complexity index is 314. The Morgan fingerprint density at radius 3 is 2.37 bits per heavy atom. The van der Waals surface area contributed by atoms with E-state index in [1.807, 2.05) is 0 Å². The predicted octanol–water partition coefficient (Wildman–Crippen LogP) is 4.30. The lowest BCUT2D eigenvalue weighted by atomic mass is 9.91. The van der Waals surface area contributed by atoms with Gasteiger partial charge in [-0.3, -0.25) is 4.57 Å². The molecule has 0 bridgehead atoms. The summed E-state index contributed by atoms with van der Waals surface area (Å²) in [6.07, 6.45) is 6.29. The second kappa shape index (κ2) is 7.60. The highest BCUT2D eigenvalue weighted by atomic mass is 35.5. The van der Waals surface area contributed by atoms with Crippen LogP contribution in [-0.2, 0) is 8.99 Å². The molecule has 0 spiro atoms. The molecular formula is C13H28ClO3PSi. The van der Waals surface area contributed by atoms with Gasteiger partial charge in [0.1, 0.15) is 0 Å². The Kier molecular flexibility index (Phi) is 7.09. The summed E-state index contributed by atoms with van der Waals surface area (Å²) in [7, 11) is -4.82. The average molecular weight is 327 g/mol. The normalized spacial score (nSPS) is 23.0. The number of alkyl halides is 1. The number of halogens is 1. The maximum Gasteiger partial charge on any atom is 0.203 e. The summed E-state index contributed by atoms with van der Waals surface area (Å²) in [5, 5.41) is 0. The first-order valence-corrected chi connectivity index (χ1v) is 13.2. The maximum absolute atomic E-state index is 12.4. The van der Waals surface area contributed by atoms with Crippen molar-refractivity contribution in [2.75, 3.05) is 18.2 Å². The van der Waals surface area contributed by atoms with Crippen LogP contribution < -0.4 is 0 Å². The highest BCUT2D eigenvalue weighted by Gasteiger charge is 2.31. The molecular weight excluding hydrogens is 299 g/mol. The van der Waals surface area contributed by atoms with E-state index in [0.717, 1.165) is 12.8 Å². The van der Waals surface area contributed by atoms with Gasteiger partial charge in [0.15, 0.2) is 8.32 Å². The summed E-state index contributed by atoms with van der Waals surface area (Å²) in [6.45, 7) is 6.24. The predicted molar refractivity (Wildman–Crippen MR) is 85.1 cm³/mol. The van der Waals surface area contributed by atoms with Crippen molar-refractivity contribution >= 4 is 27.3 Å². The molecule has 0 aliphatic heterocycles. The van der Waals surface area contributed by atoms with Crippen molar-refractivity contribution in [2.45, 2.75) is 57.8 Å². The molecule has 0 radical (unpaired) electrons. The van der Waals surface area contributed by atoms with E-state index >= 15 is 0 Å². The minimum Gasteiger partial charge on any atom is -0.413 e. The largest absolute Gasteiger partial charge is 0.413 e. The van der Waals surface area contributed by atoms with Gasteiger partial charge in [-0.05, 0) is 38.4 Å². The highest BCUT2D eigenvalue weighted by Crippen LogP contribution is 2.46. The SMILES string of the molecule is C[Si](C)(C)O[C@H](CCl)CP(=O)(O)CC1CCCCC1. The summed E-state index contributed by atoms with van der Waals surface area (Å²) < 4.78 is 18.3. The molecule has 6 heteroatoms. The van der Waals surface area contributed by atoms with Gasteiger partial charge in [-0.15, -0.1) is 11.6 Å². The topological polar surface area (TPSA) is 46.5 Å². The van der Waals surface area contributed by atoms with E-state index in [-0.39, 0.29) is 12.3 Å². The van der Waals surface area contributed by atoms with Crippen LogP contribution in [0.1, 0.15) is 32.1 Å². The third-order valence-electron chi connectivity index (χ3n) is 3.45. The minimum atomic E-state index is -3.11. The van der Waals surface area contributed by atoms with Gasteiger partial charge in [-0.1, -0.05) is 19.3 Å². The minimum absolute atomic E-state index is 0.220. The Balaban J connectivity index is 2.48. The smallest absolute Gasteiger partial charge is 0.203 e. The maximum atomic E-state index is 12.4. The zero-order valence-electron chi connectivity index (χ0n) is 12.4. The van der Waals surface area contributed by atoms with Gasteiger partial charge in [-0.2, -0.15) is 0 Å². The van der Waals surface area contributed by atoms with Gasteiger partial charge < -0.3 is 9.32 Å². The molecule has 114 valence electrons. The lowest BCUT2D eigenvalue weighted by molar-refractivity contribution is 0.235. The molecule has 1 aliphatic rings. The molecule has 1 N–H and O–H groups in total. The molecule has 1 unspecified atom stereocenters. The van der Waals surface area contributed by atoms with Crippen LogP contribution in [0.4, 0.5) is 0 Å². The fraction of sp³-hybridized carbons (Fsp3) is 1.00. The Morgan fingerprint density at radius 2 is 1.89 bits per heavy atom. The molecule has 0 amide bonds. The van der Waals surface area contributed by atoms with E-state index in [1.54, 1.807) is 0 Å². The molecule has 2 atom stereocenters. The molecule has 3 nitrogen and oxygen atoms in total. The Labute approximate surface area is 123 Å². The van der Waals surface area contributed by atoms with Gasteiger partial charge in [0, 0.05) is 12.0 Å². The molecule has 0 saturated heterocycles. The summed E-state index contributed by atoms with van der Waals surface area (Å²) in [5.74, 6) is 0.729. The summed E-state index contributed by atoms with van der Waals surface area (Å²) in [5.41, 5.74) is 0. The average Bonchev–Trinajstić information content (AvgIpc) is 2.26. The molecule has 0 aromatic rings. The van der Waals surface area contributed by atoms with Gasteiger partial charge in [0.05, 0.1) is 12.3 Å². The standard InChI is InChI=1S/C13H28ClO3PSi/c1-19(2,3)17-13(9-14)11-18(15,16)10-12-7-5-4-6-8-12/h12-13H,4-11H2,1-3H3,(H,15,16)/t13-/m1/s1. The van der Waals surface area contributed by atoms with Crippen molar-refractivity contribution in [3.05, 3.63) is 0 Å². The second-order valence-corrected chi connectivity index (χ2v) is 13.9. The molecule has 0 aromatic heterocycles. The lowest BCUT2D eigenvalue weighted by Gasteiger charge is -2.29. The zero-order chi connectivity index (χ0) is 14.5. The van der Waals surface area contributed by atoms with E-state index in [9.17, 15) is 9.46 Å². The van der Waals surface area contributed by atoms with Crippen LogP contribution in [0.2, 0.25) is 19.6 Å². The van der Waals surface area contributed by atoms with Crippen molar-refractivity contribution in [1.82, 2.24) is 0 Å². The summed E-state index contributed by atoms with van der Waals surface area (Å²) in [4.78, 5) is 10.2. The molecule has 1 aliphatic carbocycles. The Hall–Kier alpha value is 0.657. The molecule has 1 rings (SSSR count). The lowest BCUT2D eigenvalue weighted by Crippen LogP contribution is -2.35. The van der Waals surface area contributed by atoms with Crippen LogP contribution in [-0.4, -0.2) is 37.5 Å². The first-order valence-electron chi connectivity index (χ1n) is 7.26. The first kappa shape index (κ1) is 17.7. The molecule has 1 saturated carbocycles. The molecule has 0 aromatic carbocycles. The molecule has 19 heavy (non-hydrogen) atoms. The number of hydrogen-bond donors (Lipinski definition) is 1. The van der Waals surface area contributed by atoms with Crippen LogP contribution in [0.3, 0.4) is 0 Å². The van der Waals surface area contributed by atoms with Crippen LogP contribution in [0, 0.1) is 5.92 Å². The quantitative estimate of drug-likeness (QED) is 0.431. The zero-order valence-corrected chi connectivity index (χ0v) is 15.1. The summed E-state index contributed by atoms with van der Waals surface area (Å²) >= 11 is 5.89. The van der Waals surface area contributed by atoms with Crippen LogP contribution in [0.15, 0.2) is 0 Å². The van der Waals surface area contributed by atoms with Crippen molar-refractivity contribution in [1.29, 1.82) is 0 Å². The molecule has 1 fully saturated rings. The van der Waals surface area contributed by atoms with Gasteiger partial charge in [0.2, 0.25) is 7.37 Å². The van der Waals surface area contributed by atoms with Crippen LogP contribution in [0.25, 0.3) is 0 Å². The number of rotatable bonds is 7. The van der Waals surface area contributed by atoms with E-state index in [2.05, 4.69) is 19.6 Å². The van der Waals surface area contributed by atoms with E-state index in [4.69, 9.17) is 16.0 Å². The summed E-state index contributed by atoms with van der Waals surface area (Å²) in [6, 6.07) is 0. The Morgan fingerprint density at radius 1 is 1.32 bits per heavy atom. The fourth-order valence-electron chi connectivity index (χ4n) is 2.78. The van der Waals surface area contributed by atoms with Crippen LogP contribution in [0.5, 0.6) is 0 Å². The van der Waals surface area contributed by atoms with Gasteiger partial charge in [-0.25, -0.2) is 0 Å². The molecule has 0 heterocycles. The third-order valence-corrected chi connectivity index (χ3v) is 6.90. The van der Waals surface area contributed by atoms with Crippen molar-refractivity contribution in [2.24, 2.45) is 5.92 Å². The fourth-order valence-corrected chi connectivity index (χ4v) is 6.68. The van der Waals surface area contributed by atoms with Crippen molar-refractivity contribution in [3.8, 4) is 0 Å².